The first-order valence-electron chi connectivity index (χ1n) is 6.60. The van der Waals surface area contributed by atoms with E-state index in [2.05, 4.69) is 15.2 Å². The quantitative estimate of drug-likeness (QED) is 0.883. The molecule has 1 amide bonds. The summed E-state index contributed by atoms with van der Waals surface area (Å²) in [6.07, 6.45) is 3.05. The lowest BCUT2D eigenvalue weighted by Crippen LogP contribution is -2.31. The lowest BCUT2D eigenvalue weighted by Gasteiger charge is -2.19. The molecule has 0 fully saturated rings. The number of nitrogens with zero attached hydrogens (tertiary/aromatic N) is 3. The normalized spacial score (nSPS) is 11.3. The fourth-order valence-corrected chi connectivity index (χ4v) is 1.82. The highest BCUT2D eigenvalue weighted by molar-refractivity contribution is 6.30. The summed E-state index contributed by atoms with van der Waals surface area (Å²) in [5, 5.41) is 7.52. The van der Waals surface area contributed by atoms with Gasteiger partial charge in [0.2, 0.25) is 5.91 Å². The van der Waals surface area contributed by atoms with E-state index in [0.29, 0.717) is 16.7 Å². The molecule has 0 saturated heterocycles. The van der Waals surface area contributed by atoms with Crippen LogP contribution in [0.5, 0.6) is 0 Å². The molecule has 110 valence electrons. The molecule has 5 nitrogen and oxygen atoms in total. The molecule has 1 aromatic heterocycles. The number of benzene rings is 1. The van der Waals surface area contributed by atoms with Crippen molar-refractivity contribution in [3.8, 4) is 11.4 Å². The van der Waals surface area contributed by atoms with Crippen LogP contribution in [-0.4, -0.2) is 39.1 Å². The number of hydrogen-bond acceptors (Lipinski definition) is 3. The fraction of sp³-hybridized carbons (Fsp3) is 0.267. The molecule has 0 spiro atoms. The van der Waals surface area contributed by atoms with Crippen LogP contribution in [0.4, 0.5) is 0 Å². The van der Waals surface area contributed by atoms with E-state index in [9.17, 15) is 4.79 Å². The van der Waals surface area contributed by atoms with Crippen LogP contribution in [0.1, 0.15) is 19.7 Å². The molecule has 6 heteroatoms. The molecular weight excluding hydrogens is 288 g/mol. The van der Waals surface area contributed by atoms with E-state index < -0.39 is 0 Å². The second-order valence-corrected chi connectivity index (χ2v) is 5.37. The van der Waals surface area contributed by atoms with Gasteiger partial charge in [0.15, 0.2) is 11.6 Å². The number of aromatic nitrogens is 3. The molecule has 0 saturated carbocycles. The second kappa shape index (κ2) is 6.54. The topological polar surface area (TPSA) is 61.9 Å². The smallest absolute Gasteiger partial charge is 0.246 e. The Labute approximate surface area is 128 Å². The van der Waals surface area contributed by atoms with Crippen molar-refractivity contribution in [1.82, 2.24) is 20.1 Å². The number of aromatic amines is 1. The Bertz CT molecular complexity index is 663. The van der Waals surface area contributed by atoms with Gasteiger partial charge in [-0.05, 0) is 32.1 Å². The van der Waals surface area contributed by atoms with Gasteiger partial charge in [0, 0.05) is 29.8 Å². The Balaban J connectivity index is 2.12. The Morgan fingerprint density at radius 2 is 2.19 bits per heavy atom. The van der Waals surface area contributed by atoms with Gasteiger partial charge in [-0.3, -0.25) is 9.89 Å². The minimum absolute atomic E-state index is 0.0842. The first kappa shape index (κ1) is 15.3. The molecule has 0 aliphatic carbocycles. The maximum atomic E-state index is 11.8. The highest BCUT2D eigenvalue weighted by Gasteiger charge is 2.09. The zero-order valence-corrected chi connectivity index (χ0v) is 12.9. The van der Waals surface area contributed by atoms with Crippen LogP contribution >= 0.6 is 11.6 Å². The zero-order chi connectivity index (χ0) is 15.4. The van der Waals surface area contributed by atoms with Crippen LogP contribution in [0.3, 0.4) is 0 Å². The van der Waals surface area contributed by atoms with E-state index in [0.717, 1.165) is 5.56 Å². The Hall–Kier alpha value is -2.14. The standard InChI is InChI=1S/C15H17ClN4O/c1-10(2)20(3)14(21)8-7-13-17-15(19-18-13)11-5-4-6-12(16)9-11/h4-10H,1-3H3,(H,17,18,19)/b8-7+. The third kappa shape index (κ3) is 3.92. The molecule has 1 aromatic carbocycles. The SMILES string of the molecule is CC(C)N(C)C(=O)/C=C/c1n[nH]c(-c2cccc(Cl)c2)n1. The summed E-state index contributed by atoms with van der Waals surface area (Å²) in [7, 11) is 1.76. The molecule has 21 heavy (non-hydrogen) atoms. The maximum absolute atomic E-state index is 11.8. The average Bonchev–Trinajstić information content (AvgIpc) is 2.92. The summed E-state index contributed by atoms with van der Waals surface area (Å²) in [6, 6.07) is 7.47. The molecule has 0 aliphatic heterocycles. The first-order chi connectivity index (χ1) is 9.97. The van der Waals surface area contributed by atoms with Crippen LogP contribution < -0.4 is 0 Å². The number of amides is 1. The molecular formula is C15H17ClN4O. The number of H-pyrrole nitrogens is 1. The van der Waals surface area contributed by atoms with Crippen molar-refractivity contribution in [2.75, 3.05) is 7.05 Å². The number of nitrogens with one attached hydrogen (secondary N) is 1. The van der Waals surface area contributed by atoms with Crippen LogP contribution in [-0.2, 0) is 4.79 Å². The van der Waals surface area contributed by atoms with E-state index in [1.165, 1.54) is 6.08 Å². The summed E-state index contributed by atoms with van der Waals surface area (Å²) in [5.74, 6) is 0.983. The van der Waals surface area contributed by atoms with Gasteiger partial charge in [-0.2, -0.15) is 5.10 Å². The van der Waals surface area contributed by atoms with E-state index >= 15 is 0 Å². The van der Waals surface area contributed by atoms with Crippen molar-refractivity contribution in [2.45, 2.75) is 19.9 Å². The third-order valence-corrected chi connectivity index (χ3v) is 3.33. The van der Waals surface area contributed by atoms with Crippen molar-refractivity contribution in [2.24, 2.45) is 0 Å². The van der Waals surface area contributed by atoms with Gasteiger partial charge in [-0.1, -0.05) is 23.7 Å². The lowest BCUT2D eigenvalue weighted by atomic mass is 10.2. The number of rotatable bonds is 4. The molecule has 0 atom stereocenters. The molecule has 0 radical (unpaired) electrons. The Morgan fingerprint density at radius 3 is 2.86 bits per heavy atom. The zero-order valence-electron chi connectivity index (χ0n) is 12.2. The number of likely N-dealkylation sites (N-methyl/N-ethyl adjacent to an activating group) is 1. The molecule has 2 rings (SSSR count). The van der Waals surface area contributed by atoms with E-state index in [1.54, 1.807) is 30.2 Å². The first-order valence-corrected chi connectivity index (χ1v) is 6.98. The minimum atomic E-state index is -0.0842. The molecule has 1 N–H and O–H groups in total. The third-order valence-electron chi connectivity index (χ3n) is 3.10. The largest absolute Gasteiger partial charge is 0.340 e. The number of carbonyl (C=O) groups excluding carboxylic acids is 1. The maximum Gasteiger partial charge on any atom is 0.246 e. The highest BCUT2D eigenvalue weighted by atomic mass is 35.5. The molecule has 1 heterocycles. The van der Waals surface area contributed by atoms with Gasteiger partial charge in [-0.25, -0.2) is 4.98 Å². The fourth-order valence-electron chi connectivity index (χ4n) is 1.63. The molecule has 2 aromatic rings. The predicted molar refractivity (Wildman–Crippen MR) is 83.8 cm³/mol. The molecule has 0 aliphatic rings. The van der Waals surface area contributed by atoms with E-state index in [4.69, 9.17) is 11.6 Å². The van der Waals surface area contributed by atoms with Crippen LogP contribution in [0.2, 0.25) is 5.02 Å². The summed E-state index contributed by atoms with van der Waals surface area (Å²) >= 11 is 5.94. The predicted octanol–water partition coefficient (Wildman–Crippen LogP) is 3.01. The van der Waals surface area contributed by atoms with Crippen molar-refractivity contribution in [1.29, 1.82) is 0 Å². The van der Waals surface area contributed by atoms with Gasteiger partial charge < -0.3 is 4.90 Å². The van der Waals surface area contributed by atoms with E-state index in [-0.39, 0.29) is 11.9 Å². The second-order valence-electron chi connectivity index (χ2n) is 4.93. The highest BCUT2D eigenvalue weighted by Crippen LogP contribution is 2.19. The van der Waals surface area contributed by atoms with Gasteiger partial charge in [-0.15, -0.1) is 0 Å². The van der Waals surface area contributed by atoms with Gasteiger partial charge in [0.05, 0.1) is 0 Å². The minimum Gasteiger partial charge on any atom is -0.340 e. The summed E-state index contributed by atoms with van der Waals surface area (Å²) < 4.78 is 0. The summed E-state index contributed by atoms with van der Waals surface area (Å²) in [6.45, 7) is 3.91. The Morgan fingerprint density at radius 1 is 1.43 bits per heavy atom. The summed E-state index contributed by atoms with van der Waals surface area (Å²) in [5.41, 5.74) is 0.847. The Kier molecular flexibility index (Phi) is 4.75. The van der Waals surface area contributed by atoms with Crippen molar-refractivity contribution in [3.63, 3.8) is 0 Å². The van der Waals surface area contributed by atoms with Crippen LogP contribution in [0.15, 0.2) is 30.3 Å². The van der Waals surface area contributed by atoms with Crippen molar-refractivity contribution >= 4 is 23.6 Å². The van der Waals surface area contributed by atoms with Crippen molar-refractivity contribution in [3.05, 3.63) is 41.2 Å². The van der Waals surface area contributed by atoms with Crippen LogP contribution in [0, 0.1) is 0 Å². The number of hydrogen-bond donors (Lipinski definition) is 1. The lowest BCUT2D eigenvalue weighted by molar-refractivity contribution is -0.126. The average molecular weight is 305 g/mol. The van der Waals surface area contributed by atoms with E-state index in [1.807, 2.05) is 26.0 Å². The van der Waals surface area contributed by atoms with Gasteiger partial charge in [0.25, 0.3) is 0 Å². The molecule has 0 unspecified atom stereocenters. The monoisotopic (exact) mass is 304 g/mol. The van der Waals surface area contributed by atoms with Crippen molar-refractivity contribution < 1.29 is 4.79 Å². The summed E-state index contributed by atoms with van der Waals surface area (Å²) in [4.78, 5) is 17.8. The number of carbonyl (C=O) groups is 1. The van der Waals surface area contributed by atoms with Crippen LogP contribution in [0.25, 0.3) is 17.5 Å². The van der Waals surface area contributed by atoms with Gasteiger partial charge >= 0.3 is 0 Å². The number of halogens is 1. The molecule has 0 bridgehead atoms. The van der Waals surface area contributed by atoms with Gasteiger partial charge in [0.1, 0.15) is 0 Å².